The van der Waals surface area contributed by atoms with Gasteiger partial charge in [-0.15, -0.1) is 0 Å². The smallest absolute Gasteiger partial charge is 0.0934 e. The Morgan fingerprint density at radius 2 is 0.823 bits per heavy atom. The Morgan fingerprint density at radius 3 is 1.29 bits per heavy atom. The molecule has 1 saturated carbocycles. The first-order chi connectivity index (χ1) is 30.7. The Kier molecular flexibility index (Phi) is 46.9. The van der Waals surface area contributed by atoms with Gasteiger partial charge >= 0.3 is 0 Å². The van der Waals surface area contributed by atoms with Crippen molar-refractivity contribution in [1.29, 1.82) is 0 Å². The van der Waals surface area contributed by atoms with Gasteiger partial charge in [0.05, 0.1) is 19.3 Å². The van der Waals surface area contributed by atoms with Crippen LogP contribution in [0, 0.1) is 5.92 Å². The summed E-state index contributed by atoms with van der Waals surface area (Å²) >= 11 is 0. The zero-order valence-corrected chi connectivity index (χ0v) is 42.9. The monoisotopic (exact) mass is 879 g/mol. The van der Waals surface area contributed by atoms with Crippen LogP contribution in [0.3, 0.4) is 0 Å². The molecule has 372 valence electrons. The summed E-state index contributed by atoms with van der Waals surface area (Å²) in [5.74, 6) is 0.756. The minimum atomic E-state index is 0.128. The third kappa shape index (κ3) is 41.2. The van der Waals surface area contributed by atoms with E-state index in [0.717, 1.165) is 71.5 Å². The van der Waals surface area contributed by atoms with Crippen molar-refractivity contribution >= 4 is 0 Å². The first-order valence-electron chi connectivity index (χ1n) is 28.5. The van der Waals surface area contributed by atoms with E-state index in [9.17, 15) is 5.11 Å². The second-order valence-electron chi connectivity index (χ2n) is 20.0. The van der Waals surface area contributed by atoms with Crippen LogP contribution >= 0.6 is 0 Å². The van der Waals surface area contributed by atoms with E-state index >= 15 is 0 Å². The Morgan fingerprint density at radius 1 is 0.419 bits per heavy atom. The standard InChI is InChI=1S/C56H114N2O4/c1-5-9-13-17-20-22-24-26-30-36-49-61-53-56(62-50-38-31-27-25-23-21-18-14-10-6-2)51-57(44-45-58(46-47-59)55-41-42-55)43-35-29-32-37-48-60-52-54(39-33-16-12-8-4)40-34-28-19-15-11-7-3/h54-56,59H,5-53H2,1-4H3. The maximum atomic E-state index is 9.82. The van der Waals surface area contributed by atoms with E-state index < -0.39 is 0 Å². The number of hydrogen-bond acceptors (Lipinski definition) is 6. The molecule has 0 aromatic rings. The van der Waals surface area contributed by atoms with Crippen molar-refractivity contribution in [2.45, 2.75) is 284 Å². The minimum Gasteiger partial charge on any atom is -0.395 e. The molecular formula is C56H114N2O4. The van der Waals surface area contributed by atoms with E-state index in [1.165, 1.54) is 238 Å². The van der Waals surface area contributed by atoms with E-state index in [1.807, 2.05) is 0 Å². The number of aliphatic hydroxyl groups is 1. The molecule has 1 fully saturated rings. The summed E-state index contributed by atoms with van der Waals surface area (Å²) in [5, 5.41) is 9.82. The van der Waals surface area contributed by atoms with Crippen molar-refractivity contribution < 1.29 is 19.3 Å². The molecule has 0 aliphatic heterocycles. The highest BCUT2D eigenvalue weighted by Gasteiger charge is 2.28. The number of unbranched alkanes of at least 4 members (excludes halogenated alkanes) is 29. The molecule has 2 atom stereocenters. The van der Waals surface area contributed by atoms with Crippen LogP contribution in [0.15, 0.2) is 0 Å². The van der Waals surface area contributed by atoms with Crippen LogP contribution in [0.25, 0.3) is 0 Å². The van der Waals surface area contributed by atoms with Gasteiger partial charge in [0, 0.05) is 58.6 Å². The minimum absolute atomic E-state index is 0.128. The molecule has 1 N–H and O–H groups in total. The molecule has 6 nitrogen and oxygen atoms in total. The summed E-state index contributed by atoms with van der Waals surface area (Å²) in [4.78, 5) is 5.22. The summed E-state index contributed by atoms with van der Waals surface area (Å²) in [6, 6.07) is 0.679. The summed E-state index contributed by atoms with van der Waals surface area (Å²) in [7, 11) is 0. The predicted molar refractivity (Wildman–Crippen MR) is 272 cm³/mol. The van der Waals surface area contributed by atoms with Gasteiger partial charge in [0.2, 0.25) is 0 Å². The normalized spacial score (nSPS) is 14.2. The first-order valence-corrected chi connectivity index (χ1v) is 28.5. The van der Waals surface area contributed by atoms with Gasteiger partial charge in [-0.05, 0) is 63.8 Å². The number of aliphatic hydroxyl groups excluding tert-OH is 1. The molecule has 1 aliphatic carbocycles. The molecule has 0 spiro atoms. The van der Waals surface area contributed by atoms with Crippen molar-refractivity contribution in [2.75, 3.05) is 72.4 Å². The summed E-state index contributed by atoms with van der Waals surface area (Å²) in [6.45, 7) is 18.8. The first kappa shape index (κ1) is 59.8. The molecule has 1 aliphatic rings. The maximum absolute atomic E-state index is 9.82. The second-order valence-corrected chi connectivity index (χ2v) is 20.0. The average molecular weight is 880 g/mol. The van der Waals surface area contributed by atoms with Gasteiger partial charge in [0.15, 0.2) is 0 Å². The predicted octanol–water partition coefficient (Wildman–Crippen LogP) is 15.9. The van der Waals surface area contributed by atoms with Gasteiger partial charge in [-0.3, -0.25) is 9.80 Å². The number of rotatable bonds is 54. The molecule has 0 amide bonds. The fourth-order valence-corrected chi connectivity index (χ4v) is 9.32. The summed E-state index contributed by atoms with van der Waals surface area (Å²) in [5.41, 5.74) is 0. The molecule has 62 heavy (non-hydrogen) atoms. The largest absolute Gasteiger partial charge is 0.395 e. The van der Waals surface area contributed by atoms with Crippen molar-refractivity contribution in [3.05, 3.63) is 0 Å². The highest BCUT2D eigenvalue weighted by Crippen LogP contribution is 2.26. The number of nitrogens with zero attached hydrogens (tertiary/aromatic N) is 2. The van der Waals surface area contributed by atoms with E-state index in [1.54, 1.807) is 0 Å². The van der Waals surface area contributed by atoms with Crippen molar-refractivity contribution in [3.63, 3.8) is 0 Å². The van der Waals surface area contributed by atoms with Crippen LogP contribution in [0.5, 0.6) is 0 Å². The van der Waals surface area contributed by atoms with Crippen LogP contribution < -0.4 is 0 Å². The van der Waals surface area contributed by atoms with Gasteiger partial charge < -0.3 is 19.3 Å². The van der Waals surface area contributed by atoms with E-state index in [4.69, 9.17) is 14.2 Å². The second kappa shape index (κ2) is 48.7. The zero-order chi connectivity index (χ0) is 44.7. The zero-order valence-electron chi connectivity index (χ0n) is 42.9. The van der Waals surface area contributed by atoms with E-state index in [-0.39, 0.29) is 12.7 Å². The molecule has 0 bridgehead atoms. The third-order valence-electron chi connectivity index (χ3n) is 13.7. The highest BCUT2D eigenvalue weighted by atomic mass is 16.5. The Hall–Kier alpha value is -0.240. The van der Waals surface area contributed by atoms with Crippen LogP contribution in [-0.2, 0) is 14.2 Å². The topological polar surface area (TPSA) is 54.4 Å². The van der Waals surface area contributed by atoms with Crippen LogP contribution in [0.4, 0.5) is 0 Å². The van der Waals surface area contributed by atoms with Crippen LogP contribution in [-0.4, -0.2) is 99.4 Å². The lowest BCUT2D eigenvalue weighted by Crippen LogP contribution is -2.43. The maximum Gasteiger partial charge on any atom is 0.0934 e. The Balaban J connectivity index is 2.60. The van der Waals surface area contributed by atoms with Crippen LogP contribution in [0.2, 0.25) is 0 Å². The van der Waals surface area contributed by atoms with Gasteiger partial charge in [-0.1, -0.05) is 220 Å². The van der Waals surface area contributed by atoms with Gasteiger partial charge in [-0.25, -0.2) is 0 Å². The van der Waals surface area contributed by atoms with E-state index in [2.05, 4.69) is 37.5 Å². The Bertz CT molecular complexity index is 843. The fraction of sp³-hybridized carbons (Fsp3) is 1.00. The van der Waals surface area contributed by atoms with Crippen molar-refractivity contribution in [3.8, 4) is 0 Å². The molecule has 0 saturated heterocycles. The lowest BCUT2D eigenvalue weighted by atomic mass is 9.95. The molecule has 0 aromatic carbocycles. The number of hydrogen-bond donors (Lipinski definition) is 1. The fourth-order valence-electron chi connectivity index (χ4n) is 9.32. The molecular weight excluding hydrogens is 765 g/mol. The summed E-state index contributed by atoms with van der Waals surface area (Å²) in [6.07, 6.45) is 51.3. The van der Waals surface area contributed by atoms with Crippen molar-refractivity contribution in [1.82, 2.24) is 9.80 Å². The van der Waals surface area contributed by atoms with Gasteiger partial charge in [-0.2, -0.15) is 0 Å². The van der Waals surface area contributed by atoms with E-state index in [0.29, 0.717) is 12.6 Å². The number of ether oxygens (including phenoxy) is 3. The van der Waals surface area contributed by atoms with Gasteiger partial charge in [0.25, 0.3) is 0 Å². The SMILES string of the molecule is CCCCCCCCCCCCOCC(CN(CCCCCCOCC(CCCCCC)CCCCCCCC)CCN(CCO)C1CC1)OCCCCCCCCCCCC. The quantitative estimate of drug-likeness (QED) is 0.0615. The molecule has 0 radical (unpaired) electrons. The highest BCUT2D eigenvalue weighted by molar-refractivity contribution is 4.85. The lowest BCUT2D eigenvalue weighted by molar-refractivity contribution is -0.0355. The summed E-state index contributed by atoms with van der Waals surface area (Å²) < 4.78 is 19.5. The third-order valence-corrected chi connectivity index (χ3v) is 13.7. The molecule has 2 unspecified atom stereocenters. The molecule has 1 rings (SSSR count). The average Bonchev–Trinajstić information content (AvgIpc) is 4.13. The molecule has 0 heterocycles. The molecule has 6 heteroatoms. The molecule has 0 aromatic heterocycles. The van der Waals surface area contributed by atoms with Gasteiger partial charge in [0.1, 0.15) is 0 Å². The lowest BCUT2D eigenvalue weighted by Gasteiger charge is -2.30. The van der Waals surface area contributed by atoms with Crippen LogP contribution in [0.1, 0.15) is 272 Å². The van der Waals surface area contributed by atoms with Crippen molar-refractivity contribution in [2.24, 2.45) is 5.92 Å². The Labute approximate surface area is 389 Å².